The maximum Gasteiger partial charge on any atom is 0.301 e. The smallest absolute Gasteiger partial charge is 0.258 e. The summed E-state index contributed by atoms with van der Waals surface area (Å²) in [5.74, 6) is 0.800. The van der Waals surface area contributed by atoms with Crippen LogP contribution < -0.4 is 0 Å². The Kier molecular flexibility index (Phi) is 3.05. The summed E-state index contributed by atoms with van der Waals surface area (Å²) in [5, 5.41) is 11.7. The third kappa shape index (κ3) is 1.86. The topological polar surface area (TPSA) is 56.0 Å². The minimum Gasteiger partial charge on any atom is -0.258 e. The molecule has 0 aliphatic heterocycles. The zero-order valence-electron chi connectivity index (χ0n) is 8.71. The van der Waals surface area contributed by atoms with E-state index in [-0.39, 0.29) is 10.6 Å². The number of nitrogens with zero attached hydrogens (tertiary/aromatic N) is 2. The molecule has 82 valence electrons. The van der Waals surface area contributed by atoms with E-state index < -0.39 is 0 Å². The Hall–Kier alpha value is -1.62. The largest absolute Gasteiger partial charge is 0.301 e. The molecule has 0 spiro atoms. The molecule has 1 heterocycles. The summed E-state index contributed by atoms with van der Waals surface area (Å²) in [6.07, 6.45) is 1.33. The minimum atomic E-state index is -0.378. The first-order chi connectivity index (χ1) is 7.74. The van der Waals surface area contributed by atoms with Crippen molar-refractivity contribution in [3.63, 3.8) is 0 Å². The SMILES string of the molecule is CCSc1c([N+](=O)[O-])cnc2ccccc12. The molecule has 2 rings (SSSR count). The molecule has 0 bridgehead atoms. The van der Waals surface area contributed by atoms with Gasteiger partial charge in [-0.3, -0.25) is 10.1 Å². The molecule has 16 heavy (non-hydrogen) atoms. The van der Waals surface area contributed by atoms with Crippen LogP contribution in [0.25, 0.3) is 10.9 Å². The molecule has 0 N–H and O–H groups in total. The van der Waals surface area contributed by atoms with Crippen molar-refractivity contribution >= 4 is 28.4 Å². The summed E-state index contributed by atoms with van der Waals surface area (Å²) in [6.45, 7) is 1.98. The molecule has 4 nitrogen and oxygen atoms in total. The lowest BCUT2D eigenvalue weighted by molar-refractivity contribution is -0.387. The van der Waals surface area contributed by atoms with E-state index in [9.17, 15) is 10.1 Å². The molecule has 0 aliphatic rings. The minimum absolute atomic E-state index is 0.0885. The monoisotopic (exact) mass is 234 g/mol. The van der Waals surface area contributed by atoms with Crippen molar-refractivity contribution in [1.29, 1.82) is 0 Å². The standard InChI is InChI=1S/C11H10N2O2S/c1-2-16-11-8-5-3-4-6-9(8)12-7-10(11)13(14)15/h3-7H,2H2,1H3. The van der Waals surface area contributed by atoms with E-state index >= 15 is 0 Å². The highest BCUT2D eigenvalue weighted by Crippen LogP contribution is 2.34. The second-order valence-electron chi connectivity index (χ2n) is 3.18. The number of benzene rings is 1. The van der Waals surface area contributed by atoms with E-state index in [1.54, 1.807) is 0 Å². The predicted molar refractivity (Wildman–Crippen MR) is 64.8 cm³/mol. The van der Waals surface area contributed by atoms with Gasteiger partial charge in [-0.1, -0.05) is 25.1 Å². The third-order valence-corrected chi connectivity index (χ3v) is 3.20. The molecule has 0 saturated heterocycles. The fourth-order valence-electron chi connectivity index (χ4n) is 1.53. The van der Waals surface area contributed by atoms with Gasteiger partial charge >= 0.3 is 5.69 Å². The Morgan fingerprint density at radius 2 is 2.19 bits per heavy atom. The first-order valence-corrected chi connectivity index (χ1v) is 5.87. The van der Waals surface area contributed by atoms with E-state index in [0.29, 0.717) is 4.90 Å². The summed E-state index contributed by atoms with van der Waals surface area (Å²) >= 11 is 1.48. The molecular formula is C11H10N2O2S. The van der Waals surface area contributed by atoms with Gasteiger partial charge in [-0.05, 0) is 11.8 Å². The Balaban J connectivity index is 2.73. The molecule has 0 unspecified atom stereocenters. The summed E-state index contributed by atoms with van der Waals surface area (Å²) < 4.78 is 0. The van der Waals surface area contributed by atoms with Crippen molar-refractivity contribution in [3.05, 3.63) is 40.6 Å². The zero-order chi connectivity index (χ0) is 11.5. The maximum absolute atomic E-state index is 10.9. The van der Waals surface area contributed by atoms with E-state index in [1.165, 1.54) is 18.0 Å². The molecule has 0 saturated carbocycles. The van der Waals surface area contributed by atoms with E-state index in [1.807, 2.05) is 31.2 Å². The first-order valence-electron chi connectivity index (χ1n) is 4.89. The average Bonchev–Trinajstić information content (AvgIpc) is 2.29. The molecule has 1 aromatic heterocycles. The van der Waals surface area contributed by atoms with Gasteiger partial charge in [-0.2, -0.15) is 0 Å². The molecule has 0 atom stereocenters. The highest BCUT2D eigenvalue weighted by atomic mass is 32.2. The van der Waals surface area contributed by atoms with Gasteiger partial charge in [0.2, 0.25) is 0 Å². The highest BCUT2D eigenvalue weighted by Gasteiger charge is 2.17. The van der Waals surface area contributed by atoms with Crippen molar-refractivity contribution in [1.82, 2.24) is 4.98 Å². The van der Waals surface area contributed by atoms with Crippen LogP contribution in [0.2, 0.25) is 0 Å². The molecule has 2 aromatic rings. The molecule has 0 aliphatic carbocycles. The Bertz CT molecular complexity index is 542. The highest BCUT2D eigenvalue weighted by molar-refractivity contribution is 7.99. The van der Waals surface area contributed by atoms with Crippen molar-refractivity contribution < 1.29 is 4.92 Å². The van der Waals surface area contributed by atoms with Crippen LogP contribution in [0.4, 0.5) is 5.69 Å². The molecule has 1 aromatic carbocycles. The van der Waals surface area contributed by atoms with Gasteiger partial charge in [0.15, 0.2) is 0 Å². The van der Waals surface area contributed by atoms with Gasteiger partial charge in [-0.15, -0.1) is 11.8 Å². The Morgan fingerprint density at radius 1 is 1.44 bits per heavy atom. The summed E-state index contributed by atoms with van der Waals surface area (Å²) in [4.78, 5) is 15.3. The quantitative estimate of drug-likeness (QED) is 0.464. The first kappa shape index (κ1) is 10.9. The Labute approximate surface area is 96.8 Å². The lowest BCUT2D eigenvalue weighted by Gasteiger charge is -2.04. The number of thioether (sulfide) groups is 1. The van der Waals surface area contributed by atoms with Crippen LogP contribution in [0.15, 0.2) is 35.4 Å². The molecule has 0 amide bonds. The van der Waals surface area contributed by atoms with Crippen molar-refractivity contribution in [2.75, 3.05) is 5.75 Å². The van der Waals surface area contributed by atoms with Gasteiger partial charge < -0.3 is 0 Å². The molecular weight excluding hydrogens is 224 g/mol. The third-order valence-electron chi connectivity index (χ3n) is 2.19. The number of rotatable bonds is 3. The summed E-state index contributed by atoms with van der Waals surface area (Å²) in [6, 6.07) is 7.47. The number of aromatic nitrogens is 1. The summed E-state index contributed by atoms with van der Waals surface area (Å²) in [5.41, 5.74) is 0.884. The number of nitro groups is 1. The van der Waals surface area contributed by atoms with Gasteiger partial charge in [0.05, 0.1) is 15.3 Å². The normalized spacial score (nSPS) is 10.6. The number of hydrogen-bond acceptors (Lipinski definition) is 4. The summed E-state index contributed by atoms with van der Waals surface area (Å²) in [7, 11) is 0. The fraction of sp³-hybridized carbons (Fsp3) is 0.182. The fourth-order valence-corrected chi connectivity index (χ4v) is 2.42. The van der Waals surface area contributed by atoms with Crippen LogP contribution >= 0.6 is 11.8 Å². The van der Waals surface area contributed by atoms with Crippen LogP contribution in [0, 0.1) is 10.1 Å². The maximum atomic E-state index is 10.9. The van der Waals surface area contributed by atoms with Gasteiger partial charge in [-0.25, -0.2) is 4.98 Å². The van der Waals surface area contributed by atoms with Crippen molar-refractivity contribution in [3.8, 4) is 0 Å². The van der Waals surface area contributed by atoms with E-state index in [2.05, 4.69) is 4.98 Å². The van der Waals surface area contributed by atoms with E-state index in [4.69, 9.17) is 0 Å². The van der Waals surface area contributed by atoms with Gasteiger partial charge in [0.25, 0.3) is 0 Å². The molecule has 0 radical (unpaired) electrons. The Morgan fingerprint density at radius 3 is 2.88 bits per heavy atom. The van der Waals surface area contributed by atoms with E-state index in [0.717, 1.165) is 16.7 Å². The number of hydrogen-bond donors (Lipinski definition) is 0. The van der Waals surface area contributed by atoms with Crippen molar-refractivity contribution in [2.24, 2.45) is 0 Å². The second-order valence-corrected chi connectivity index (χ2v) is 4.45. The van der Waals surface area contributed by atoms with Crippen LogP contribution in [-0.4, -0.2) is 15.7 Å². The predicted octanol–water partition coefficient (Wildman–Crippen LogP) is 3.26. The van der Waals surface area contributed by atoms with Gasteiger partial charge in [0, 0.05) is 5.39 Å². The van der Waals surface area contributed by atoms with Crippen LogP contribution in [0.5, 0.6) is 0 Å². The zero-order valence-corrected chi connectivity index (χ0v) is 9.53. The number of fused-ring (bicyclic) bond motifs is 1. The molecule has 0 fully saturated rings. The van der Waals surface area contributed by atoms with Crippen LogP contribution in [0.3, 0.4) is 0 Å². The van der Waals surface area contributed by atoms with Crippen molar-refractivity contribution in [2.45, 2.75) is 11.8 Å². The molecule has 5 heteroatoms. The number of pyridine rings is 1. The second kappa shape index (κ2) is 4.49. The average molecular weight is 234 g/mol. The lowest BCUT2D eigenvalue weighted by Crippen LogP contribution is -1.94. The van der Waals surface area contributed by atoms with Gasteiger partial charge in [0.1, 0.15) is 6.20 Å². The number of para-hydroxylation sites is 1. The lowest BCUT2D eigenvalue weighted by atomic mass is 10.2. The van der Waals surface area contributed by atoms with Crippen LogP contribution in [0.1, 0.15) is 6.92 Å². The van der Waals surface area contributed by atoms with Crippen LogP contribution in [-0.2, 0) is 0 Å².